The van der Waals surface area contributed by atoms with Gasteiger partial charge in [-0.1, -0.05) is 13.0 Å². The van der Waals surface area contributed by atoms with Gasteiger partial charge in [0.2, 0.25) is 0 Å². The van der Waals surface area contributed by atoms with Crippen LogP contribution < -0.4 is 5.32 Å². The molecule has 1 aliphatic heterocycles. The van der Waals surface area contributed by atoms with Gasteiger partial charge in [0.25, 0.3) is 0 Å². The molecule has 1 aromatic carbocycles. The lowest BCUT2D eigenvalue weighted by Gasteiger charge is -2.35. The molecule has 2 atom stereocenters. The molecule has 0 bridgehead atoms. The van der Waals surface area contributed by atoms with Crippen molar-refractivity contribution in [1.82, 2.24) is 10.2 Å². The van der Waals surface area contributed by atoms with Crippen molar-refractivity contribution in [2.24, 2.45) is 0 Å². The largest absolute Gasteiger partial charge is 0.374 e. The molecule has 5 heteroatoms. The second-order valence-electron chi connectivity index (χ2n) is 4.88. The number of ether oxygens (including phenoxy) is 1. The topological polar surface area (TPSA) is 24.5 Å². The van der Waals surface area contributed by atoms with E-state index < -0.39 is 11.6 Å². The molecule has 0 spiro atoms. The fourth-order valence-corrected chi connectivity index (χ4v) is 2.40. The molecule has 19 heavy (non-hydrogen) atoms. The molecular weight excluding hydrogens is 250 g/mol. The smallest absolute Gasteiger partial charge is 0.159 e. The van der Waals surface area contributed by atoms with E-state index in [-0.39, 0.29) is 12.1 Å². The maximum absolute atomic E-state index is 13.4. The highest BCUT2D eigenvalue weighted by Crippen LogP contribution is 2.23. The van der Waals surface area contributed by atoms with Gasteiger partial charge in [-0.15, -0.1) is 0 Å². The number of morpholine rings is 1. The molecule has 1 fully saturated rings. The van der Waals surface area contributed by atoms with E-state index in [0.717, 1.165) is 25.2 Å². The zero-order valence-corrected chi connectivity index (χ0v) is 11.3. The van der Waals surface area contributed by atoms with Gasteiger partial charge in [0, 0.05) is 13.1 Å². The van der Waals surface area contributed by atoms with Crippen molar-refractivity contribution in [3.63, 3.8) is 0 Å². The summed E-state index contributed by atoms with van der Waals surface area (Å²) < 4.78 is 32.2. The summed E-state index contributed by atoms with van der Waals surface area (Å²) in [7, 11) is 2.03. The molecule has 0 saturated carbocycles. The molecular formula is C14H20F2N2O. The van der Waals surface area contributed by atoms with Crippen molar-refractivity contribution < 1.29 is 13.5 Å². The predicted molar refractivity (Wildman–Crippen MR) is 70.0 cm³/mol. The van der Waals surface area contributed by atoms with Crippen molar-refractivity contribution in [3.05, 3.63) is 35.4 Å². The summed E-state index contributed by atoms with van der Waals surface area (Å²) in [4.78, 5) is 2.18. The van der Waals surface area contributed by atoms with Crippen LogP contribution in [0.1, 0.15) is 18.5 Å². The molecule has 0 aromatic heterocycles. The first kappa shape index (κ1) is 14.4. The number of nitrogens with one attached hydrogen (secondary N) is 1. The zero-order valence-electron chi connectivity index (χ0n) is 11.3. The molecule has 1 N–H and O–H groups in total. The third-order valence-corrected chi connectivity index (χ3v) is 3.40. The van der Waals surface area contributed by atoms with Crippen molar-refractivity contribution in [3.8, 4) is 0 Å². The number of halogens is 2. The van der Waals surface area contributed by atoms with Crippen LogP contribution >= 0.6 is 0 Å². The van der Waals surface area contributed by atoms with Crippen LogP contribution in [-0.2, 0) is 4.74 Å². The summed E-state index contributed by atoms with van der Waals surface area (Å²) in [5.41, 5.74) is 0.723. The van der Waals surface area contributed by atoms with Gasteiger partial charge in [0.1, 0.15) is 0 Å². The van der Waals surface area contributed by atoms with Crippen molar-refractivity contribution in [1.29, 1.82) is 0 Å². The molecule has 0 aliphatic carbocycles. The molecule has 0 radical (unpaired) electrons. The number of rotatable bonds is 4. The van der Waals surface area contributed by atoms with Crippen LogP contribution in [0.25, 0.3) is 0 Å². The van der Waals surface area contributed by atoms with Gasteiger partial charge < -0.3 is 15.0 Å². The lowest BCUT2D eigenvalue weighted by atomic mass is 9.99. The Morgan fingerprint density at radius 1 is 1.42 bits per heavy atom. The molecule has 1 saturated heterocycles. The molecule has 2 rings (SSSR count). The Bertz CT molecular complexity index is 428. The summed E-state index contributed by atoms with van der Waals surface area (Å²) in [6, 6.07) is 3.91. The van der Waals surface area contributed by atoms with E-state index in [9.17, 15) is 8.78 Å². The third-order valence-electron chi connectivity index (χ3n) is 3.40. The van der Waals surface area contributed by atoms with Crippen LogP contribution in [-0.4, -0.2) is 44.3 Å². The fourth-order valence-electron chi connectivity index (χ4n) is 2.40. The maximum Gasteiger partial charge on any atom is 0.159 e. The SMILES string of the molecule is CCNC(c1ccc(F)c(F)c1)C1CN(C)CCO1. The van der Waals surface area contributed by atoms with Gasteiger partial charge in [-0.25, -0.2) is 8.78 Å². The summed E-state index contributed by atoms with van der Waals surface area (Å²) in [6.45, 7) is 5.06. The highest BCUT2D eigenvalue weighted by molar-refractivity contribution is 5.22. The lowest BCUT2D eigenvalue weighted by molar-refractivity contribution is -0.0390. The zero-order chi connectivity index (χ0) is 13.8. The van der Waals surface area contributed by atoms with Crippen LogP contribution in [0.15, 0.2) is 18.2 Å². The van der Waals surface area contributed by atoms with E-state index in [1.165, 1.54) is 12.1 Å². The van der Waals surface area contributed by atoms with Crippen LogP contribution in [0.4, 0.5) is 8.78 Å². The number of benzene rings is 1. The van der Waals surface area contributed by atoms with E-state index in [1.54, 1.807) is 6.07 Å². The first-order chi connectivity index (χ1) is 9.11. The summed E-state index contributed by atoms with van der Waals surface area (Å²) >= 11 is 0. The highest BCUT2D eigenvalue weighted by atomic mass is 19.2. The van der Waals surface area contributed by atoms with Gasteiger partial charge >= 0.3 is 0 Å². The lowest BCUT2D eigenvalue weighted by Crippen LogP contribution is -2.46. The summed E-state index contributed by atoms with van der Waals surface area (Å²) in [6.07, 6.45) is -0.0523. The average molecular weight is 270 g/mol. The van der Waals surface area contributed by atoms with Crippen LogP contribution in [0.3, 0.4) is 0 Å². The molecule has 1 aromatic rings. The van der Waals surface area contributed by atoms with Crippen LogP contribution in [0.5, 0.6) is 0 Å². The summed E-state index contributed by atoms with van der Waals surface area (Å²) in [5.74, 6) is -1.63. The first-order valence-electron chi connectivity index (χ1n) is 6.60. The highest BCUT2D eigenvalue weighted by Gasteiger charge is 2.28. The van der Waals surface area contributed by atoms with E-state index in [0.29, 0.717) is 6.61 Å². The molecule has 0 amide bonds. The van der Waals surface area contributed by atoms with Gasteiger partial charge in [0.05, 0.1) is 18.8 Å². The normalized spacial score (nSPS) is 22.4. The summed E-state index contributed by atoms with van der Waals surface area (Å²) in [5, 5.41) is 3.30. The Hall–Kier alpha value is -1.04. The Balaban J connectivity index is 2.20. The minimum absolute atomic E-state index is 0.0523. The van der Waals surface area contributed by atoms with Crippen molar-refractivity contribution in [2.45, 2.75) is 19.1 Å². The second kappa shape index (κ2) is 6.41. The second-order valence-corrected chi connectivity index (χ2v) is 4.88. The van der Waals surface area contributed by atoms with E-state index >= 15 is 0 Å². The minimum Gasteiger partial charge on any atom is -0.374 e. The molecule has 1 aliphatic rings. The minimum atomic E-state index is -0.819. The number of likely N-dealkylation sites (N-methyl/N-ethyl adjacent to an activating group) is 2. The van der Waals surface area contributed by atoms with Crippen molar-refractivity contribution >= 4 is 0 Å². The van der Waals surface area contributed by atoms with Gasteiger partial charge in [-0.2, -0.15) is 0 Å². The Labute approximate surface area is 112 Å². The molecule has 3 nitrogen and oxygen atoms in total. The number of nitrogens with zero attached hydrogens (tertiary/aromatic N) is 1. The Morgan fingerprint density at radius 2 is 2.21 bits per heavy atom. The quantitative estimate of drug-likeness (QED) is 0.905. The molecule has 2 unspecified atom stereocenters. The Kier molecular flexibility index (Phi) is 4.85. The number of hydrogen-bond acceptors (Lipinski definition) is 3. The predicted octanol–water partition coefficient (Wildman–Crippen LogP) is 1.95. The van der Waals surface area contributed by atoms with Gasteiger partial charge in [-0.3, -0.25) is 0 Å². The molecule has 1 heterocycles. The van der Waals surface area contributed by atoms with E-state index in [4.69, 9.17) is 4.74 Å². The first-order valence-corrected chi connectivity index (χ1v) is 6.60. The van der Waals surface area contributed by atoms with Crippen LogP contribution in [0.2, 0.25) is 0 Å². The standard InChI is InChI=1S/C14H20F2N2O/c1-3-17-14(13-9-18(2)6-7-19-13)10-4-5-11(15)12(16)8-10/h4-5,8,13-14,17H,3,6-7,9H2,1-2H3. The number of hydrogen-bond donors (Lipinski definition) is 1. The van der Waals surface area contributed by atoms with Gasteiger partial charge in [0.15, 0.2) is 11.6 Å². The molecule has 106 valence electrons. The Morgan fingerprint density at radius 3 is 2.84 bits per heavy atom. The monoisotopic (exact) mass is 270 g/mol. The van der Waals surface area contributed by atoms with E-state index in [1.807, 2.05) is 14.0 Å². The van der Waals surface area contributed by atoms with Crippen LogP contribution in [0, 0.1) is 11.6 Å². The van der Waals surface area contributed by atoms with Gasteiger partial charge in [-0.05, 0) is 31.3 Å². The fraction of sp³-hybridized carbons (Fsp3) is 0.571. The average Bonchev–Trinajstić information content (AvgIpc) is 2.39. The maximum atomic E-state index is 13.4. The third kappa shape index (κ3) is 3.49. The van der Waals surface area contributed by atoms with Crippen molar-refractivity contribution in [2.75, 3.05) is 33.3 Å². The van der Waals surface area contributed by atoms with E-state index in [2.05, 4.69) is 10.2 Å².